The van der Waals surface area contributed by atoms with Crippen LogP contribution in [0.4, 0.5) is 10.2 Å². The summed E-state index contributed by atoms with van der Waals surface area (Å²) < 4.78 is 32.3. The molecule has 1 saturated carbocycles. The topological polar surface area (TPSA) is 148 Å². The van der Waals surface area contributed by atoms with Gasteiger partial charge in [-0.2, -0.15) is 0 Å². The number of pyridine rings is 3. The van der Waals surface area contributed by atoms with Gasteiger partial charge in [0.25, 0.3) is 5.91 Å². The van der Waals surface area contributed by atoms with E-state index in [9.17, 15) is 9.90 Å². The Balaban J connectivity index is 0.00000337. The van der Waals surface area contributed by atoms with Crippen molar-refractivity contribution in [3.63, 3.8) is 0 Å². The second-order valence-corrected chi connectivity index (χ2v) is 10.8. The molecule has 1 unspecified atom stereocenters. The Kier molecular flexibility index (Phi) is 8.57. The van der Waals surface area contributed by atoms with Crippen LogP contribution in [0.3, 0.4) is 0 Å². The van der Waals surface area contributed by atoms with Gasteiger partial charge in [-0.1, -0.05) is 0 Å². The third-order valence-corrected chi connectivity index (χ3v) is 8.08. The molecule has 2 saturated heterocycles. The second-order valence-electron chi connectivity index (χ2n) is 10.8. The van der Waals surface area contributed by atoms with E-state index < -0.39 is 17.5 Å². The average molecular weight is 590 g/mol. The Bertz CT molecular complexity index is 1400. The molecule has 1 atom stereocenters. The summed E-state index contributed by atoms with van der Waals surface area (Å²) in [6, 6.07) is 7.00. The molecule has 4 N–H and O–H groups in total. The van der Waals surface area contributed by atoms with Crippen LogP contribution in [0.15, 0.2) is 30.5 Å². The first kappa shape index (κ1) is 29.3. The Morgan fingerprint density at radius 1 is 1.17 bits per heavy atom. The van der Waals surface area contributed by atoms with E-state index in [-0.39, 0.29) is 67.1 Å². The fraction of sp³-hybridized carbons (Fsp3) is 0.500. The first-order chi connectivity index (χ1) is 19.4. The summed E-state index contributed by atoms with van der Waals surface area (Å²) in [4.78, 5) is 24.7. The number of nitrogens with zero attached hydrogens (tertiary/aromatic N) is 3. The Hall–Kier alpha value is -3.16. The quantitative estimate of drug-likeness (QED) is 0.260. The van der Waals surface area contributed by atoms with E-state index in [1.54, 1.807) is 12.1 Å². The summed E-state index contributed by atoms with van der Waals surface area (Å²) in [5.41, 5.74) is 0.801. The van der Waals surface area contributed by atoms with Gasteiger partial charge in [-0.3, -0.25) is 9.78 Å². The van der Waals surface area contributed by atoms with Crippen molar-refractivity contribution in [3.05, 3.63) is 47.5 Å². The van der Waals surface area contributed by atoms with Gasteiger partial charge in [-0.25, -0.2) is 14.4 Å². The smallest absolute Gasteiger partial charge is 0.263 e. The molecule has 220 valence electrons. The first-order valence-corrected chi connectivity index (χ1v) is 13.6. The number of fused-ring (bicyclic) bond motifs is 5. The number of nitrogens with one attached hydrogen (secondary N) is 2. The number of aliphatic hydroxyl groups is 2. The van der Waals surface area contributed by atoms with Crippen molar-refractivity contribution in [2.75, 3.05) is 31.7 Å². The van der Waals surface area contributed by atoms with Crippen molar-refractivity contribution in [2.45, 2.75) is 62.3 Å². The van der Waals surface area contributed by atoms with Gasteiger partial charge in [0, 0.05) is 43.2 Å². The predicted molar refractivity (Wildman–Crippen MR) is 149 cm³/mol. The standard InChI is InChI=1S/C28H32FN5O6.ClH/c29-18-14-30-19-3-5-23(38-11-1-10-35)34-25(19)24(18)20(36)12-28-8-6-27(7-9-28,16-40-28)31-13-17-2-4-21-26(32-17)33-22(37)15-39-21;/h2-5,14,20,31,35-36H,1,6-13,15-16H2,(H,32,33,37);1H. The zero-order chi connectivity index (χ0) is 27.7. The molecule has 41 heavy (non-hydrogen) atoms. The van der Waals surface area contributed by atoms with Gasteiger partial charge in [-0.15, -0.1) is 12.4 Å². The first-order valence-electron chi connectivity index (χ1n) is 13.6. The summed E-state index contributed by atoms with van der Waals surface area (Å²) in [6.45, 7) is 1.23. The Morgan fingerprint density at radius 2 is 2.00 bits per heavy atom. The van der Waals surface area contributed by atoms with E-state index in [0.29, 0.717) is 49.5 Å². The monoisotopic (exact) mass is 589 g/mol. The maximum absolute atomic E-state index is 15.0. The summed E-state index contributed by atoms with van der Waals surface area (Å²) >= 11 is 0. The van der Waals surface area contributed by atoms with E-state index >= 15 is 4.39 Å². The molecule has 0 spiro atoms. The molecule has 3 aromatic rings. The Morgan fingerprint density at radius 3 is 2.76 bits per heavy atom. The summed E-state index contributed by atoms with van der Waals surface area (Å²) in [5.74, 6) is 0.419. The molecule has 1 aliphatic carbocycles. The predicted octanol–water partition coefficient (Wildman–Crippen LogP) is 2.97. The van der Waals surface area contributed by atoms with Crippen LogP contribution in [-0.4, -0.2) is 68.6 Å². The van der Waals surface area contributed by atoms with E-state index in [2.05, 4.69) is 25.6 Å². The molecule has 2 bridgehead atoms. The number of anilines is 1. The van der Waals surface area contributed by atoms with Crippen LogP contribution in [0.25, 0.3) is 11.0 Å². The summed E-state index contributed by atoms with van der Waals surface area (Å²) in [7, 11) is 0. The molecule has 4 aliphatic rings. The molecule has 0 radical (unpaired) electrons. The molecule has 11 nitrogen and oxygen atoms in total. The number of hydrogen-bond donors (Lipinski definition) is 4. The summed E-state index contributed by atoms with van der Waals surface area (Å²) in [6.07, 6.45) is 3.76. The minimum absolute atomic E-state index is 0. The molecule has 13 heteroatoms. The SMILES string of the molecule is Cl.O=C1COc2ccc(CNC34CCC(CC(O)c5c(F)cnc6ccc(OCCCO)nc56)(CC3)OC4)nc2N1. The number of halogens is 2. The average Bonchev–Trinajstić information content (AvgIpc) is 2.97. The van der Waals surface area contributed by atoms with Gasteiger partial charge in [0.2, 0.25) is 5.88 Å². The van der Waals surface area contributed by atoms with Crippen LogP contribution >= 0.6 is 12.4 Å². The molecule has 6 heterocycles. The maximum atomic E-state index is 15.0. The van der Waals surface area contributed by atoms with Crippen LogP contribution in [0.1, 0.15) is 55.9 Å². The van der Waals surface area contributed by atoms with Crippen molar-refractivity contribution in [2.24, 2.45) is 0 Å². The van der Waals surface area contributed by atoms with Crippen LogP contribution < -0.4 is 20.1 Å². The van der Waals surface area contributed by atoms with Crippen LogP contribution in [0.5, 0.6) is 11.6 Å². The molecule has 7 rings (SSSR count). The number of carbonyl (C=O) groups excluding carboxylic acids is 1. The van der Waals surface area contributed by atoms with Gasteiger partial charge in [-0.05, 0) is 43.9 Å². The molecule has 3 aliphatic heterocycles. The van der Waals surface area contributed by atoms with Crippen LogP contribution in [0.2, 0.25) is 0 Å². The zero-order valence-corrected chi connectivity index (χ0v) is 23.2. The third-order valence-electron chi connectivity index (χ3n) is 8.08. The number of aliphatic hydroxyl groups excluding tert-OH is 2. The minimum Gasteiger partial charge on any atom is -0.480 e. The lowest BCUT2D eigenvalue weighted by Gasteiger charge is -2.54. The number of rotatable bonds is 10. The van der Waals surface area contributed by atoms with Crippen molar-refractivity contribution < 1.29 is 33.6 Å². The molecule has 0 aromatic carbocycles. The van der Waals surface area contributed by atoms with E-state index in [4.69, 9.17) is 19.3 Å². The number of aromatic nitrogens is 3. The van der Waals surface area contributed by atoms with E-state index in [1.165, 1.54) is 0 Å². The van der Waals surface area contributed by atoms with Crippen molar-refractivity contribution >= 4 is 35.2 Å². The van der Waals surface area contributed by atoms with E-state index in [1.807, 2.05) is 12.1 Å². The molecular weight excluding hydrogens is 557 g/mol. The molecule has 3 aromatic heterocycles. The molecular formula is C28H33ClFN5O6. The van der Waals surface area contributed by atoms with Crippen molar-refractivity contribution in [3.8, 4) is 11.6 Å². The van der Waals surface area contributed by atoms with Crippen molar-refractivity contribution in [1.82, 2.24) is 20.3 Å². The maximum Gasteiger partial charge on any atom is 0.263 e. The number of carbonyl (C=O) groups is 1. The number of ether oxygens (including phenoxy) is 3. The fourth-order valence-electron chi connectivity index (χ4n) is 5.77. The number of amides is 1. The molecule has 1 amide bonds. The molecule has 3 fully saturated rings. The highest BCUT2D eigenvalue weighted by Gasteiger charge is 2.50. The third kappa shape index (κ3) is 6.07. The number of hydrogen-bond acceptors (Lipinski definition) is 10. The lowest BCUT2D eigenvalue weighted by molar-refractivity contribution is -0.176. The summed E-state index contributed by atoms with van der Waals surface area (Å²) in [5, 5.41) is 26.6. The zero-order valence-electron chi connectivity index (χ0n) is 22.4. The van der Waals surface area contributed by atoms with Crippen LogP contribution in [0, 0.1) is 5.82 Å². The highest BCUT2D eigenvalue weighted by atomic mass is 35.5. The van der Waals surface area contributed by atoms with Crippen LogP contribution in [-0.2, 0) is 16.1 Å². The van der Waals surface area contributed by atoms with Gasteiger partial charge >= 0.3 is 0 Å². The van der Waals surface area contributed by atoms with Gasteiger partial charge in [0.15, 0.2) is 18.2 Å². The lowest BCUT2D eigenvalue weighted by atomic mass is 9.69. The van der Waals surface area contributed by atoms with Gasteiger partial charge < -0.3 is 35.1 Å². The highest BCUT2D eigenvalue weighted by Crippen LogP contribution is 2.48. The normalized spacial score (nSPS) is 23.7. The second kappa shape index (κ2) is 12.0. The fourth-order valence-corrected chi connectivity index (χ4v) is 5.77. The van der Waals surface area contributed by atoms with Crippen molar-refractivity contribution in [1.29, 1.82) is 0 Å². The largest absolute Gasteiger partial charge is 0.480 e. The highest BCUT2D eigenvalue weighted by molar-refractivity contribution is 5.94. The minimum atomic E-state index is -1.14. The lowest BCUT2D eigenvalue weighted by Crippen LogP contribution is -2.61. The van der Waals surface area contributed by atoms with Gasteiger partial charge in [0.1, 0.15) is 11.3 Å². The van der Waals surface area contributed by atoms with Gasteiger partial charge in [0.05, 0.1) is 42.3 Å². The Labute approximate surface area is 242 Å². The van der Waals surface area contributed by atoms with E-state index in [0.717, 1.165) is 24.7 Å².